The summed E-state index contributed by atoms with van der Waals surface area (Å²) in [5, 5.41) is 9.77. The van der Waals surface area contributed by atoms with Crippen LogP contribution in [0.4, 0.5) is 4.79 Å². The Balaban J connectivity index is 3.95. The number of urea groups is 1. The molecule has 2 amide bonds. The molecule has 0 saturated carbocycles. The number of hydrogen-bond donors (Lipinski definition) is 3. The van der Waals surface area contributed by atoms with Crippen molar-refractivity contribution in [1.82, 2.24) is 16.0 Å². The lowest BCUT2D eigenvalue weighted by Gasteiger charge is -2.17. The number of hydrogen-bond acceptors (Lipinski definition) is 4. The van der Waals surface area contributed by atoms with E-state index in [1.165, 1.54) is 140 Å². The molecule has 3 N–H and O–H groups in total. The third-order valence-corrected chi connectivity index (χ3v) is 9.93. The van der Waals surface area contributed by atoms with Gasteiger partial charge < -0.3 is 16.0 Å². The summed E-state index contributed by atoms with van der Waals surface area (Å²) in [6, 6.07) is -0.00895. The zero-order valence-corrected chi connectivity index (χ0v) is 27.5. The van der Waals surface area contributed by atoms with Crippen molar-refractivity contribution in [3.63, 3.8) is 0 Å². The van der Waals surface area contributed by atoms with E-state index in [1.807, 2.05) is 7.05 Å². The van der Waals surface area contributed by atoms with Crippen molar-refractivity contribution in [3.05, 3.63) is 0 Å². The van der Waals surface area contributed by atoms with Crippen LogP contribution >= 0.6 is 23.5 Å². The maximum absolute atomic E-state index is 12.2. The van der Waals surface area contributed by atoms with E-state index in [9.17, 15) is 4.79 Å². The van der Waals surface area contributed by atoms with Crippen LogP contribution in [0, 0.1) is 0 Å². The molecule has 0 heterocycles. The first kappa shape index (κ1) is 37.9. The summed E-state index contributed by atoms with van der Waals surface area (Å²) < 4.78 is 0. The van der Waals surface area contributed by atoms with Gasteiger partial charge in [0.25, 0.3) is 0 Å². The molecule has 0 aliphatic heterocycles. The summed E-state index contributed by atoms with van der Waals surface area (Å²) in [4.78, 5) is 12.2. The lowest BCUT2D eigenvalue weighted by Crippen LogP contribution is -2.40. The Morgan fingerprint density at radius 1 is 0.579 bits per heavy atom. The summed E-state index contributed by atoms with van der Waals surface area (Å²) in [6.45, 7) is 7.03. The van der Waals surface area contributed by atoms with Crippen LogP contribution in [0.2, 0.25) is 0 Å². The third-order valence-electron chi connectivity index (χ3n) is 7.18. The summed E-state index contributed by atoms with van der Waals surface area (Å²) in [7, 11) is 1.95. The highest BCUT2D eigenvalue weighted by Crippen LogP contribution is 2.20. The number of carbonyl (C=O) groups excluding carboxylic acids is 1. The Kier molecular flexibility index (Phi) is 33.1. The van der Waals surface area contributed by atoms with Crippen LogP contribution < -0.4 is 16.0 Å². The van der Waals surface area contributed by atoms with Crippen LogP contribution in [-0.2, 0) is 0 Å². The molecule has 0 saturated heterocycles. The normalized spacial score (nSPS) is 12.1. The molecule has 228 valence electrons. The second-order valence-electron chi connectivity index (χ2n) is 11.0. The van der Waals surface area contributed by atoms with Crippen LogP contribution in [0.15, 0.2) is 0 Å². The SMILES string of the molecule is CCCCCCCCCCCCSCC(CNC(=O)NCCCNC)SCCCCCCCCCCCC. The molecular formula is C32H67N3OS2. The molecule has 38 heavy (non-hydrogen) atoms. The highest BCUT2D eigenvalue weighted by molar-refractivity contribution is 8.03. The molecule has 4 nitrogen and oxygen atoms in total. The molecule has 0 radical (unpaired) electrons. The Morgan fingerprint density at radius 3 is 1.55 bits per heavy atom. The van der Waals surface area contributed by atoms with E-state index >= 15 is 0 Å². The van der Waals surface area contributed by atoms with Crippen LogP contribution in [-0.4, -0.2) is 55.2 Å². The molecule has 0 aliphatic rings. The van der Waals surface area contributed by atoms with E-state index in [2.05, 4.69) is 53.3 Å². The minimum atomic E-state index is -0.00895. The molecule has 0 aromatic carbocycles. The zero-order valence-electron chi connectivity index (χ0n) is 25.9. The maximum atomic E-state index is 12.2. The van der Waals surface area contributed by atoms with Gasteiger partial charge in [0.15, 0.2) is 0 Å². The predicted molar refractivity (Wildman–Crippen MR) is 177 cm³/mol. The number of carbonyl (C=O) groups is 1. The number of rotatable bonds is 31. The van der Waals surface area contributed by atoms with Gasteiger partial charge in [-0.1, -0.05) is 129 Å². The fourth-order valence-electron chi connectivity index (χ4n) is 4.65. The summed E-state index contributed by atoms with van der Waals surface area (Å²) in [5.41, 5.74) is 0. The lowest BCUT2D eigenvalue weighted by molar-refractivity contribution is 0.241. The van der Waals surface area contributed by atoms with Gasteiger partial charge in [-0.2, -0.15) is 23.5 Å². The van der Waals surface area contributed by atoms with Crippen LogP contribution in [0.25, 0.3) is 0 Å². The topological polar surface area (TPSA) is 53.2 Å². The van der Waals surface area contributed by atoms with Crippen molar-refractivity contribution in [2.45, 2.75) is 154 Å². The Morgan fingerprint density at radius 2 is 1.05 bits per heavy atom. The van der Waals surface area contributed by atoms with Crippen molar-refractivity contribution in [2.75, 3.05) is 43.9 Å². The van der Waals surface area contributed by atoms with Crippen molar-refractivity contribution in [2.24, 2.45) is 0 Å². The molecule has 0 fully saturated rings. The van der Waals surface area contributed by atoms with Gasteiger partial charge in [-0.3, -0.25) is 0 Å². The number of unbranched alkanes of at least 4 members (excludes halogenated alkanes) is 18. The van der Waals surface area contributed by atoms with Gasteiger partial charge in [-0.15, -0.1) is 0 Å². The van der Waals surface area contributed by atoms with Crippen molar-refractivity contribution < 1.29 is 4.79 Å². The molecule has 0 aromatic rings. The molecule has 1 atom stereocenters. The molecule has 0 aliphatic carbocycles. The number of nitrogens with one attached hydrogen (secondary N) is 3. The standard InChI is InChI=1S/C32H67N3OS2/c1-4-6-8-10-12-14-16-18-20-22-27-37-30-31(29-35-32(36)34-26-24-25-33-3)38-28-23-21-19-17-15-13-11-9-7-5-2/h31,33H,4-30H2,1-3H3,(H2,34,35,36). The van der Waals surface area contributed by atoms with Crippen molar-refractivity contribution in [1.29, 1.82) is 0 Å². The summed E-state index contributed by atoms with van der Waals surface area (Å²) in [6.07, 6.45) is 28.9. The zero-order chi connectivity index (χ0) is 27.8. The van der Waals surface area contributed by atoms with Crippen molar-refractivity contribution in [3.8, 4) is 0 Å². The first-order chi connectivity index (χ1) is 18.7. The first-order valence-corrected chi connectivity index (χ1v) is 18.8. The number of thioether (sulfide) groups is 2. The Labute approximate surface area is 247 Å². The van der Waals surface area contributed by atoms with Gasteiger partial charge in [0.05, 0.1) is 0 Å². The molecule has 1 unspecified atom stereocenters. The summed E-state index contributed by atoms with van der Waals surface area (Å²) >= 11 is 4.18. The monoisotopic (exact) mass is 573 g/mol. The highest BCUT2D eigenvalue weighted by Gasteiger charge is 2.11. The second kappa shape index (κ2) is 33.1. The Bertz CT molecular complexity index is 468. The average Bonchev–Trinajstić information content (AvgIpc) is 2.92. The number of amides is 2. The van der Waals surface area contributed by atoms with E-state index in [0.717, 1.165) is 31.8 Å². The van der Waals surface area contributed by atoms with Crippen LogP contribution in [0.1, 0.15) is 149 Å². The largest absolute Gasteiger partial charge is 0.338 e. The summed E-state index contributed by atoms with van der Waals surface area (Å²) in [5.74, 6) is 3.65. The van der Waals surface area contributed by atoms with Gasteiger partial charge in [0.2, 0.25) is 0 Å². The molecular weight excluding hydrogens is 507 g/mol. The van der Waals surface area contributed by atoms with Gasteiger partial charge in [0.1, 0.15) is 0 Å². The molecule has 0 spiro atoms. The molecule has 0 bridgehead atoms. The molecule has 0 rings (SSSR count). The Hall–Kier alpha value is -0.0700. The van der Waals surface area contributed by atoms with Crippen molar-refractivity contribution >= 4 is 29.6 Å². The minimum absolute atomic E-state index is 0.00895. The van der Waals surface area contributed by atoms with Crippen LogP contribution in [0.3, 0.4) is 0 Å². The van der Waals surface area contributed by atoms with E-state index in [0.29, 0.717) is 5.25 Å². The predicted octanol–water partition coefficient (Wildman–Crippen LogP) is 9.57. The molecule has 0 aromatic heterocycles. The van der Waals surface area contributed by atoms with E-state index < -0.39 is 0 Å². The second-order valence-corrected chi connectivity index (χ2v) is 13.6. The lowest BCUT2D eigenvalue weighted by atomic mass is 10.1. The van der Waals surface area contributed by atoms with Gasteiger partial charge in [0, 0.05) is 24.1 Å². The first-order valence-electron chi connectivity index (χ1n) is 16.6. The van der Waals surface area contributed by atoms with E-state index in [1.54, 1.807) is 0 Å². The third kappa shape index (κ3) is 30.5. The fraction of sp³-hybridized carbons (Fsp3) is 0.969. The van der Waals surface area contributed by atoms with Gasteiger partial charge in [-0.25, -0.2) is 4.79 Å². The molecule has 6 heteroatoms. The average molecular weight is 574 g/mol. The van der Waals surface area contributed by atoms with E-state index in [4.69, 9.17) is 0 Å². The van der Waals surface area contributed by atoms with Crippen LogP contribution in [0.5, 0.6) is 0 Å². The highest BCUT2D eigenvalue weighted by atomic mass is 32.2. The van der Waals surface area contributed by atoms with Gasteiger partial charge >= 0.3 is 6.03 Å². The quantitative estimate of drug-likeness (QED) is 0.0723. The maximum Gasteiger partial charge on any atom is 0.314 e. The van der Waals surface area contributed by atoms with Gasteiger partial charge in [-0.05, 0) is 44.4 Å². The smallest absolute Gasteiger partial charge is 0.314 e. The fourth-order valence-corrected chi connectivity index (χ4v) is 7.18. The van der Waals surface area contributed by atoms with E-state index in [-0.39, 0.29) is 6.03 Å². The minimum Gasteiger partial charge on any atom is -0.338 e.